The molecule has 0 bridgehead atoms. The van der Waals surface area contributed by atoms with E-state index in [9.17, 15) is 45.5 Å². The van der Waals surface area contributed by atoms with Crippen LogP contribution in [-0.2, 0) is 114 Å². The average Bonchev–Trinajstić information content (AvgIpc) is 1.63. The minimum absolute atomic E-state index is 0.0394. The molecular weight excluding hydrogens is 1330 g/mol. The second kappa shape index (κ2) is 35.6. The van der Waals surface area contributed by atoms with Crippen molar-refractivity contribution in [2.45, 2.75) is 205 Å². The standard InChI is InChI=1S/C48H90B3N8O26P3S3/c1-7-69-19-27-23(15-30(49)77-27)84-87(68,90)74-20-28-25(17-32(51)78-28)85-88(91,75-21-29-24(16-31(50)79-29)83-86(67,89)72-8-2)73-14-13-71-12-11-70-10-9-57-47(4,5)48(66)22(3)76-44(42(48)82-43-35(56-6)39(64)36(61)26(18-60)80-43)81-41-34(59-46(54)55)37(62)33(58-45(52)53)38(63)40(41)65/h22-44,56-57,60-66H,7-21H2,1-6H3,(H,67,89)(H,68,90)(H4,52,53,58)(H4,54,55,59). The normalized spacial score (nSPS) is 39.9. The summed E-state index contributed by atoms with van der Waals surface area (Å²) in [4.78, 5) is 29.7. The fourth-order valence-electron chi connectivity index (χ4n) is 11.3. The van der Waals surface area contributed by atoms with Gasteiger partial charge in [0.25, 0.3) is 0 Å². The van der Waals surface area contributed by atoms with Crippen molar-refractivity contribution in [3.8, 4) is 0 Å². The van der Waals surface area contributed by atoms with E-state index < -0.39 is 190 Å². The number of nitrogens with one attached hydrogen (secondary N) is 2. The summed E-state index contributed by atoms with van der Waals surface area (Å²) in [7, 11) is 19.8. The number of hydrogen-bond acceptors (Lipinski definition) is 31. The van der Waals surface area contributed by atoms with Crippen LogP contribution in [0.2, 0.25) is 0 Å². The maximum absolute atomic E-state index is 13.0. The molecule has 6 radical (unpaired) electrons. The number of aliphatic hydroxyl groups excluding tert-OH is 6. The first-order valence-electron chi connectivity index (χ1n) is 29.5. The fraction of sp³-hybridized carbons (Fsp3) is 0.958. The van der Waals surface area contributed by atoms with Gasteiger partial charge >= 0.3 is 20.2 Å². The molecule has 5 aliphatic heterocycles. The topological polar surface area (TPSA) is 492 Å². The molecule has 43 heteroatoms. The monoisotopic (exact) mass is 1420 g/mol. The van der Waals surface area contributed by atoms with E-state index in [1.165, 1.54) is 14.0 Å². The Hall–Kier alpha value is -0.435. The van der Waals surface area contributed by atoms with E-state index >= 15 is 0 Å². The molecule has 6 aliphatic rings. The van der Waals surface area contributed by atoms with Crippen molar-refractivity contribution < 1.29 is 125 Å². The van der Waals surface area contributed by atoms with Gasteiger partial charge in [-0.1, -0.05) is 0 Å². The zero-order valence-electron chi connectivity index (χ0n) is 51.4. The smallest absolute Gasteiger partial charge is 0.327 e. The Kier molecular flexibility index (Phi) is 31.1. The highest BCUT2D eigenvalue weighted by atomic mass is 32.5. The average molecular weight is 1420 g/mol. The van der Waals surface area contributed by atoms with Gasteiger partial charge in [-0.3, -0.25) is 0 Å². The van der Waals surface area contributed by atoms with Gasteiger partial charge in [-0.2, -0.15) is 0 Å². The minimum atomic E-state index is -3.95. The number of aliphatic hydroxyl groups is 7. The highest BCUT2D eigenvalue weighted by molar-refractivity contribution is 8.08. The van der Waals surface area contributed by atoms with Crippen molar-refractivity contribution in [2.24, 2.45) is 32.9 Å². The lowest BCUT2D eigenvalue weighted by Gasteiger charge is -2.49. The number of likely N-dealkylation sites (N-methyl/N-ethyl adjacent to an activating group) is 1. The summed E-state index contributed by atoms with van der Waals surface area (Å²) in [5, 5.41) is 85.2. The fourth-order valence-corrected chi connectivity index (χ4v) is 16.5. The van der Waals surface area contributed by atoms with Gasteiger partial charge < -0.3 is 158 Å². The molecule has 0 aromatic rings. The number of guanidine groups is 2. The lowest BCUT2D eigenvalue weighted by molar-refractivity contribution is -0.319. The van der Waals surface area contributed by atoms with E-state index in [0.717, 1.165) is 0 Å². The SMILES string of the molecule is [B]C1CC(OP(O)(=S)OCC2OC([B])CC2OP(=S)(OCCOCCOCCNC(C)(C)C2(O)C(C)OC(OC3C(O)C(O)C(N=C(N)N)C(O)C3N=C(N)N)C2OC2OC(CO)C(O)C(O)C2NC)OCC2OC([B])CC2OP(O)(=S)OCC)C(COCC)O1. The van der Waals surface area contributed by atoms with Gasteiger partial charge in [-0.15, -0.1) is 0 Å². The first kappa shape index (κ1) is 79.5. The van der Waals surface area contributed by atoms with Crippen LogP contribution in [0, 0.1) is 0 Å². The molecule has 6 fully saturated rings. The molecule has 0 spiro atoms. The van der Waals surface area contributed by atoms with Crippen molar-refractivity contribution in [2.75, 3.05) is 86.3 Å². The summed E-state index contributed by atoms with van der Waals surface area (Å²) in [6, 6.07) is -6.63. The number of nitrogens with zero attached hydrogens (tertiary/aromatic N) is 2. The lowest BCUT2D eigenvalue weighted by Crippen LogP contribution is -2.71. The third-order valence-electron chi connectivity index (χ3n) is 15.8. The van der Waals surface area contributed by atoms with E-state index in [4.69, 9.17) is 161 Å². The lowest BCUT2D eigenvalue weighted by atomic mass is 9.75. The molecule has 0 aromatic heterocycles. The van der Waals surface area contributed by atoms with Crippen LogP contribution in [0.4, 0.5) is 0 Å². The van der Waals surface area contributed by atoms with Crippen LogP contribution >= 0.6 is 20.2 Å². The number of nitrogens with two attached hydrogens (primary N) is 4. The molecule has 91 heavy (non-hydrogen) atoms. The first-order chi connectivity index (χ1) is 42.7. The minimum Gasteiger partial charge on any atom is -0.394 e. The molecule has 0 aromatic carbocycles. The molecule has 520 valence electrons. The maximum Gasteiger partial charge on any atom is 0.327 e. The van der Waals surface area contributed by atoms with Crippen molar-refractivity contribution in [1.82, 2.24) is 10.6 Å². The molecule has 1 saturated carbocycles. The summed E-state index contributed by atoms with van der Waals surface area (Å²) in [5.41, 5.74) is 19.0. The maximum atomic E-state index is 13.0. The van der Waals surface area contributed by atoms with Crippen molar-refractivity contribution in [1.29, 1.82) is 0 Å². The molecule has 6 rings (SSSR count). The van der Waals surface area contributed by atoms with Crippen LogP contribution in [0.5, 0.6) is 0 Å². The first-order valence-corrected chi connectivity index (χ1v) is 37.3. The van der Waals surface area contributed by atoms with Crippen LogP contribution < -0.4 is 33.6 Å². The van der Waals surface area contributed by atoms with Gasteiger partial charge in [0.05, 0.1) is 96.5 Å². The number of rotatable bonds is 37. The summed E-state index contributed by atoms with van der Waals surface area (Å²) in [6.45, 7) is -4.05. The molecule has 19 N–H and O–H groups in total. The number of aliphatic imine (C=N–C) groups is 2. The predicted molar refractivity (Wildman–Crippen MR) is 336 cm³/mol. The third kappa shape index (κ3) is 21.5. The van der Waals surface area contributed by atoms with Gasteiger partial charge in [0, 0.05) is 36.7 Å². The number of hydrogen-bond donors (Lipinski definition) is 15. The Morgan fingerprint density at radius 2 is 1.14 bits per heavy atom. The second-order valence-corrected chi connectivity index (χ2v) is 31.2. The van der Waals surface area contributed by atoms with E-state index in [-0.39, 0.29) is 85.3 Å². The zero-order chi connectivity index (χ0) is 67.4. The summed E-state index contributed by atoms with van der Waals surface area (Å²) in [6.07, 6.45) is -22.4. The van der Waals surface area contributed by atoms with Gasteiger partial charge in [0.1, 0.15) is 108 Å². The van der Waals surface area contributed by atoms with E-state index in [1.807, 2.05) is 6.92 Å². The highest BCUT2D eigenvalue weighted by Gasteiger charge is 2.66. The molecule has 5 heterocycles. The van der Waals surface area contributed by atoms with Crippen LogP contribution in [0.3, 0.4) is 0 Å². The molecular formula is C48H90B3N8O26P3S3. The largest absolute Gasteiger partial charge is 0.394 e. The van der Waals surface area contributed by atoms with Gasteiger partial charge in [0.15, 0.2) is 24.5 Å². The Labute approximate surface area is 548 Å². The van der Waals surface area contributed by atoms with Crippen LogP contribution in [0.1, 0.15) is 53.9 Å². The van der Waals surface area contributed by atoms with E-state index in [2.05, 4.69) is 20.6 Å². The van der Waals surface area contributed by atoms with Crippen LogP contribution in [0.15, 0.2) is 9.98 Å². The molecule has 27 unspecified atom stereocenters. The summed E-state index contributed by atoms with van der Waals surface area (Å²) < 4.78 is 101. The predicted octanol–water partition coefficient (Wildman–Crippen LogP) is -6.17. The van der Waals surface area contributed by atoms with Crippen LogP contribution in [0.25, 0.3) is 0 Å². The second-order valence-electron chi connectivity index (χ2n) is 22.7. The number of ether oxygens (including phenoxy) is 10. The Balaban J connectivity index is 1.08. The Morgan fingerprint density at radius 1 is 0.615 bits per heavy atom. The Bertz CT molecular complexity index is 2480. The molecule has 34 nitrogen and oxygen atoms in total. The molecule has 5 saturated heterocycles. The van der Waals surface area contributed by atoms with Crippen molar-refractivity contribution in [3.63, 3.8) is 0 Å². The van der Waals surface area contributed by atoms with Crippen molar-refractivity contribution >= 4 is 91.0 Å². The van der Waals surface area contributed by atoms with Gasteiger partial charge in [-0.05, 0) is 96.3 Å². The highest BCUT2D eigenvalue weighted by Crippen LogP contribution is 2.55. The van der Waals surface area contributed by atoms with E-state index in [1.54, 1.807) is 20.8 Å². The molecule has 27 atom stereocenters. The Morgan fingerprint density at radius 3 is 1.69 bits per heavy atom. The van der Waals surface area contributed by atoms with Gasteiger partial charge in [-0.25, -0.2) is 9.98 Å². The van der Waals surface area contributed by atoms with Crippen molar-refractivity contribution in [3.05, 3.63) is 0 Å². The van der Waals surface area contributed by atoms with Gasteiger partial charge in [0.2, 0.25) is 0 Å². The zero-order valence-corrected chi connectivity index (χ0v) is 56.5. The third-order valence-corrected chi connectivity index (χ3v) is 21.5. The van der Waals surface area contributed by atoms with Crippen LogP contribution in [-0.4, -0.2) is 319 Å². The molecule has 1 aliphatic carbocycles. The van der Waals surface area contributed by atoms with E-state index in [0.29, 0.717) is 6.61 Å². The quantitative estimate of drug-likeness (QED) is 0.00905. The summed E-state index contributed by atoms with van der Waals surface area (Å²) in [5.74, 6) is -1.08. The molecule has 0 amide bonds. The summed E-state index contributed by atoms with van der Waals surface area (Å²) >= 11 is 16.5.